The third-order valence-corrected chi connectivity index (χ3v) is 3.50. The molecule has 0 fully saturated rings. The van der Waals surface area contributed by atoms with Crippen molar-refractivity contribution in [3.8, 4) is 16.9 Å². The molecule has 0 saturated heterocycles. The van der Waals surface area contributed by atoms with Crippen LogP contribution in [0.5, 0.6) is 0 Å². The van der Waals surface area contributed by atoms with Gasteiger partial charge in [0.15, 0.2) is 0 Å². The fourth-order valence-corrected chi connectivity index (χ4v) is 2.54. The summed E-state index contributed by atoms with van der Waals surface area (Å²) in [6, 6.07) is 22.5. The summed E-state index contributed by atoms with van der Waals surface area (Å²) < 4.78 is 3.07. The Balaban J connectivity index is 2.07. The molecule has 0 radical (unpaired) electrons. The first-order chi connectivity index (χ1) is 8.84. The summed E-state index contributed by atoms with van der Waals surface area (Å²) in [4.78, 5) is 0. The van der Waals surface area contributed by atoms with E-state index in [1.54, 1.807) is 0 Å². The molecule has 1 heterocycles. The number of aromatic nitrogens is 2. The van der Waals surface area contributed by atoms with E-state index in [1.165, 1.54) is 0 Å². The lowest BCUT2D eigenvalue weighted by molar-refractivity contribution is 0.862. The summed E-state index contributed by atoms with van der Waals surface area (Å²) in [7, 11) is 0. The summed E-state index contributed by atoms with van der Waals surface area (Å²) in [6.45, 7) is 0. The second kappa shape index (κ2) is 4.94. The van der Waals surface area contributed by atoms with Gasteiger partial charge in [0.25, 0.3) is 0 Å². The Hall–Kier alpha value is -1.62. The standard InChI is InChI=1S/C15H11IN2/c16-15-11-14(12-7-3-1-4-8-12)17-18(15)13-9-5-2-6-10-13/h1-11H. The number of halogens is 1. The molecule has 0 aliphatic rings. The smallest absolute Gasteiger partial charge is 0.105 e. The molecule has 18 heavy (non-hydrogen) atoms. The highest BCUT2D eigenvalue weighted by Crippen LogP contribution is 2.22. The van der Waals surface area contributed by atoms with Crippen LogP contribution in [0.15, 0.2) is 66.7 Å². The topological polar surface area (TPSA) is 17.8 Å². The second-order valence-electron chi connectivity index (χ2n) is 3.97. The minimum absolute atomic E-state index is 1.00. The molecule has 1 aromatic heterocycles. The van der Waals surface area contributed by atoms with Crippen molar-refractivity contribution in [2.75, 3.05) is 0 Å². The van der Waals surface area contributed by atoms with Crippen molar-refractivity contribution in [1.29, 1.82) is 0 Å². The van der Waals surface area contributed by atoms with Gasteiger partial charge < -0.3 is 0 Å². The van der Waals surface area contributed by atoms with Crippen molar-refractivity contribution in [3.63, 3.8) is 0 Å². The van der Waals surface area contributed by atoms with Gasteiger partial charge in [0.2, 0.25) is 0 Å². The minimum atomic E-state index is 1.00. The summed E-state index contributed by atoms with van der Waals surface area (Å²) in [5, 5.41) is 4.66. The number of para-hydroxylation sites is 1. The number of nitrogens with zero attached hydrogens (tertiary/aromatic N) is 2. The van der Waals surface area contributed by atoms with E-state index in [1.807, 2.05) is 41.1 Å². The molecule has 3 rings (SSSR count). The van der Waals surface area contributed by atoms with Gasteiger partial charge in [-0.3, -0.25) is 0 Å². The normalized spacial score (nSPS) is 10.5. The molecule has 88 valence electrons. The van der Waals surface area contributed by atoms with Crippen LogP contribution in [0.25, 0.3) is 16.9 Å². The molecule has 0 spiro atoms. The summed E-state index contributed by atoms with van der Waals surface area (Å²) in [5.74, 6) is 0. The van der Waals surface area contributed by atoms with Crippen molar-refractivity contribution in [2.45, 2.75) is 0 Å². The molecule has 0 unspecified atom stereocenters. The van der Waals surface area contributed by atoms with Gasteiger partial charge in [-0.2, -0.15) is 5.10 Å². The highest BCUT2D eigenvalue weighted by molar-refractivity contribution is 14.1. The molecule has 0 atom stereocenters. The molecule has 0 N–H and O–H groups in total. The first-order valence-corrected chi connectivity index (χ1v) is 6.79. The van der Waals surface area contributed by atoms with E-state index in [4.69, 9.17) is 0 Å². The van der Waals surface area contributed by atoms with Crippen LogP contribution in [0, 0.1) is 3.70 Å². The Bertz CT molecular complexity index is 645. The number of hydrogen-bond donors (Lipinski definition) is 0. The van der Waals surface area contributed by atoms with Crippen LogP contribution in [0.2, 0.25) is 0 Å². The zero-order valence-corrected chi connectivity index (χ0v) is 11.8. The molecule has 0 bridgehead atoms. The van der Waals surface area contributed by atoms with E-state index in [0.29, 0.717) is 0 Å². The largest absolute Gasteiger partial charge is 0.227 e. The van der Waals surface area contributed by atoms with Crippen LogP contribution in [-0.2, 0) is 0 Å². The summed E-state index contributed by atoms with van der Waals surface area (Å²) in [6.07, 6.45) is 0. The maximum atomic E-state index is 4.66. The van der Waals surface area contributed by atoms with Gasteiger partial charge in [0.05, 0.1) is 11.4 Å². The molecule has 3 aromatic rings. The molecule has 2 nitrogen and oxygen atoms in total. The van der Waals surface area contributed by atoms with Crippen LogP contribution in [0.3, 0.4) is 0 Å². The van der Waals surface area contributed by atoms with Gasteiger partial charge in [0.1, 0.15) is 3.70 Å². The predicted molar refractivity (Wildman–Crippen MR) is 81.7 cm³/mol. The van der Waals surface area contributed by atoms with E-state index in [-0.39, 0.29) is 0 Å². The summed E-state index contributed by atoms with van der Waals surface area (Å²) in [5.41, 5.74) is 3.23. The van der Waals surface area contributed by atoms with Crippen LogP contribution >= 0.6 is 22.6 Å². The van der Waals surface area contributed by atoms with Crippen LogP contribution in [0.1, 0.15) is 0 Å². The van der Waals surface area contributed by atoms with Gasteiger partial charge in [-0.15, -0.1) is 0 Å². The fourth-order valence-electron chi connectivity index (χ4n) is 1.86. The molecule has 0 amide bonds. The number of rotatable bonds is 2. The van der Waals surface area contributed by atoms with Gasteiger partial charge in [-0.25, -0.2) is 4.68 Å². The Morgan fingerprint density at radius 3 is 2.11 bits per heavy atom. The van der Waals surface area contributed by atoms with Crippen LogP contribution in [0.4, 0.5) is 0 Å². The lowest BCUT2D eigenvalue weighted by Gasteiger charge is -2.01. The monoisotopic (exact) mass is 346 g/mol. The van der Waals surface area contributed by atoms with E-state index in [9.17, 15) is 0 Å². The Kier molecular flexibility index (Phi) is 3.15. The highest BCUT2D eigenvalue weighted by Gasteiger charge is 2.08. The highest BCUT2D eigenvalue weighted by atomic mass is 127. The lowest BCUT2D eigenvalue weighted by Crippen LogP contribution is -1.98. The van der Waals surface area contributed by atoms with E-state index in [2.05, 4.69) is 58.0 Å². The zero-order valence-electron chi connectivity index (χ0n) is 9.62. The molecular formula is C15H11IN2. The van der Waals surface area contributed by atoms with Crippen molar-refractivity contribution < 1.29 is 0 Å². The average molecular weight is 346 g/mol. The quantitative estimate of drug-likeness (QED) is 0.638. The average Bonchev–Trinajstić information content (AvgIpc) is 2.83. The Labute approximate surface area is 119 Å². The minimum Gasteiger partial charge on any atom is -0.227 e. The van der Waals surface area contributed by atoms with E-state index >= 15 is 0 Å². The van der Waals surface area contributed by atoms with Crippen molar-refractivity contribution in [2.24, 2.45) is 0 Å². The third-order valence-electron chi connectivity index (χ3n) is 2.74. The first kappa shape index (κ1) is 11.5. The second-order valence-corrected chi connectivity index (χ2v) is 5.07. The number of benzene rings is 2. The summed E-state index contributed by atoms with van der Waals surface area (Å²) >= 11 is 2.31. The van der Waals surface area contributed by atoms with Crippen molar-refractivity contribution >= 4 is 22.6 Å². The van der Waals surface area contributed by atoms with Crippen molar-refractivity contribution in [1.82, 2.24) is 9.78 Å². The Morgan fingerprint density at radius 1 is 0.833 bits per heavy atom. The molecule has 0 aliphatic carbocycles. The van der Waals surface area contributed by atoms with Gasteiger partial charge in [-0.05, 0) is 40.8 Å². The SMILES string of the molecule is Ic1cc(-c2ccccc2)nn1-c1ccccc1. The molecule has 3 heteroatoms. The Morgan fingerprint density at radius 2 is 1.44 bits per heavy atom. The van der Waals surface area contributed by atoms with Gasteiger partial charge >= 0.3 is 0 Å². The zero-order chi connectivity index (χ0) is 12.4. The fraction of sp³-hybridized carbons (Fsp3) is 0. The van der Waals surface area contributed by atoms with Crippen molar-refractivity contribution in [3.05, 3.63) is 70.4 Å². The number of hydrogen-bond acceptors (Lipinski definition) is 1. The molecule has 0 aliphatic heterocycles. The maximum absolute atomic E-state index is 4.66. The van der Waals surface area contributed by atoms with Crippen LogP contribution in [-0.4, -0.2) is 9.78 Å². The molecule has 0 saturated carbocycles. The first-order valence-electron chi connectivity index (χ1n) is 5.71. The third kappa shape index (κ3) is 2.18. The molecular weight excluding hydrogens is 335 g/mol. The van der Waals surface area contributed by atoms with E-state index in [0.717, 1.165) is 20.6 Å². The maximum Gasteiger partial charge on any atom is 0.105 e. The molecule has 2 aromatic carbocycles. The predicted octanol–water partition coefficient (Wildman–Crippen LogP) is 4.14. The van der Waals surface area contributed by atoms with Gasteiger partial charge in [-0.1, -0.05) is 48.5 Å². The van der Waals surface area contributed by atoms with Gasteiger partial charge in [0, 0.05) is 5.56 Å². The lowest BCUT2D eigenvalue weighted by atomic mass is 10.2. The van der Waals surface area contributed by atoms with Crippen LogP contribution < -0.4 is 0 Å². The van der Waals surface area contributed by atoms with E-state index < -0.39 is 0 Å².